The van der Waals surface area contributed by atoms with Crippen molar-refractivity contribution in [2.75, 3.05) is 4.90 Å². The molecular formula is C27H32N4OS. The van der Waals surface area contributed by atoms with Crippen LogP contribution in [-0.4, -0.2) is 20.8 Å². The number of hydrogen-bond donors (Lipinski definition) is 1. The first-order valence-corrected chi connectivity index (χ1v) is 12.5. The summed E-state index contributed by atoms with van der Waals surface area (Å²) in [5.41, 5.74) is 3.35. The Bertz CT molecular complexity index is 1070. The van der Waals surface area contributed by atoms with Crippen LogP contribution in [0.4, 0.5) is 5.69 Å². The fourth-order valence-electron chi connectivity index (χ4n) is 5.24. The minimum absolute atomic E-state index is 0.0150. The monoisotopic (exact) mass is 460 g/mol. The second kappa shape index (κ2) is 9.56. The van der Waals surface area contributed by atoms with Crippen molar-refractivity contribution in [3.63, 3.8) is 0 Å². The van der Waals surface area contributed by atoms with Gasteiger partial charge in [0.25, 0.3) is 0 Å². The van der Waals surface area contributed by atoms with Crippen LogP contribution in [0.1, 0.15) is 75.5 Å². The molecule has 3 heterocycles. The van der Waals surface area contributed by atoms with Gasteiger partial charge in [-0.25, -0.2) is 0 Å². The molecule has 1 aromatic carbocycles. The molecule has 5 rings (SSSR count). The molecular weight excluding hydrogens is 428 g/mol. The van der Waals surface area contributed by atoms with E-state index < -0.39 is 0 Å². The number of thiocarbonyl (C=S) groups is 1. The Kier molecular flexibility index (Phi) is 6.36. The summed E-state index contributed by atoms with van der Waals surface area (Å²) in [6, 6.07) is 19.3. The van der Waals surface area contributed by atoms with Gasteiger partial charge in [0, 0.05) is 29.8 Å². The molecule has 1 aliphatic carbocycles. The van der Waals surface area contributed by atoms with Gasteiger partial charge in [0.1, 0.15) is 11.8 Å². The Balaban J connectivity index is 1.55. The van der Waals surface area contributed by atoms with E-state index in [0.717, 1.165) is 22.2 Å². The van der Waals surface area contributed by atoms with Gasteiger partial charge in [-0.2, -0.15) is 0 Å². The third-order valence-corrected chi connectivity index (χ3v) is 6.98. The van der Waals surface area contributed by atoms with E-state index >= 15 is 0 Å². The highest BCUT2D eigenvalue weighted by atomic mass is 32.1. The largest absolute Gasteiger partial charge is 0.491 e. The second-order valence-electron chi connectivity index (χ2n) is 9.29. The number of nitrogens with zero attached hydrogens (tertiary/aromatic N) is 3. The van der Waals surface area contributed by atoms with Gasteiger partial charge in [0.05, 0.1) is 17.8 Å². The Labute approximate surface area is 201 Å². The molecule has 33 heavy (non-hydrogen) atoms. The van der Waals surface area contributed by atoms with Crippen molar-refractivity contribution in [2.45, 2.75) is 70.2 Å². The lowest BCUT2D eigenvalue weighted by Gasteiger charge is -2.32. The molecule has 1 aliphatic heterocycles. The van der Waals surface area contributed by atoms with Crippen molar-refractivity contribution in [1.29, 1.82) is 0 Å². The molecule has 2 aromatic heterocycles. The molecule has 0 spiro atoms. The summed E-state index contributed by atoms with van der Waals surface area (Å²) in [6.07, 6.45) is 10.7. The summed E-state index contributed by atoms with van der Waals surface area (Å²) in [5, 5.41) is 4.31. The van der Waals surface area contributed by atoms with E-state index in [0.29, 0.717) is 6.04 Å². The predicted octanol–water partition coefficient (Wildman–Crippen LogP) is 6.35. The molecule has 1 saturated carbocycles. The van der Waals surface area contributed by atoms with E-state index in [2.05, 4.69) is 51.3 Å². The highest BCUT2D eigenvalue weighted by Crippen LogP contribution is 2.43. The van der Waals surface area contributed by atoms with Gasteiger partial charge in [0.15, 0.2) is 5.11 Å². The number of benzene rings is 1. The van der Waals surface area contributed by atoms with Crippen LogP contribution < -0.4 is 15.0 Å². The lowest BCUT2D eigenvalue weighted by molar-refractivity contribution is 0.242. The number of pyridine rings is 1. The quantitative estimate of drug-likeness (QED) is 0.434. The highest BCUT2D eigenvalue weighted by Gasteiger charge is 2.42. The third kappa shape index (κ3) is 4.49. The standard InChI is InChI=1S/C27H32N4OS/c1-19(2)32-22-15-13-21(14-16-22)31-26(25(29-27(31)33)23-11-6-7-17-28-23)24-12-8-18-30(24)20-9-4-3-5-10-20/h6-8,11-20,25-26H,3-5,9-10H2,1-2H3,(H,29,33)/t25-,26-/m1/s1. The molecule has 1 saturated heterocycles. The summed E-state index contributed by atoms with van der Waals surface area (Å²) in [5.74, 6) is 0.871. The first-order chi connectivity index (χ1) is 16.1. The maximum Gasteiger partial charge on any atom is 0.174 e. The maximum absolute atomic E-state index is 5.90. The van der Waals surface area contributed by atoms with Crippen molar-refractivity contribution in [2.24, 2.45) is 0 Å². The first kappa shape index (κ1) is 22.0. The molecule has 6 heteroatoms. The van der Waals surface area contributed by atoms with E-state index in [9.17, 15) is 0 Å². The Morgan fingerprint density at radius 2 is 1.79 bits per heavy atom. The Hall–Kier alpha value is -2.86. The van der Waals surface area contributed by atoms with Crippen molar-refractivity contribution in [3.8, 4) is 5.75 Å². The van der Waals surface area contributed by atoms with Crippen LogP contribution in [0, 0.1) is 0 Å². The summed E-state index contributed by atoms with van der Waals surface area (Å²) >= 11 is 5.90. The molecule has 2 aliphatic rings. The van der Waals surface area contributed by atoms with Crippen molar-refractivity contribution >= 4 is 23.0 Å². The summed E-state index contributed by atoms with van der Waals surface area (Å²) in [4.78, 5) is 6.95. The molecule has 0 amide bonds. The fourth-order valence-corrected chi connectivity index (χ4v) is 5.59. The van der Waals surface area contributed by atoms with Crippen LogP contribution in [0.15, 0.2) is 67.0 Å². The third-order valence-electron chi connectivity index (χ3n) is 6.67. The summed E-state index contributed by atoms with van der Waals surface area (Å²) < 4.78 is 8.36. The lowest BCUT2D eigenvalue weighted by atomic mass is 9.94. The van der Waals surface area contributed by atoms with Gasteiger partial charge in [-0.1, -0.05) is 25.3 Å². The number of rotatable bonds is 6. The minimum atomic E-state index is -0.0254. The molecule has 172 valence electrons. The minimum Gasteiger partial charge on any atom is -0.491 e. The maximum atomic E-state index is 5.90. The van der Waals surface area contributed by atoms with Gasteiger partial charge >= 0.3 is 0 Å². The Morgan fingerprint density at radius 1 is 1.00 bits per heavy atom. The zero-order valence-corrected chi connectivity index (χ0v) is 20.2. The molecule has 1 N–H and O–H groups in total. The topological polar surface area (TPSA) is 42.3 Å². The lowest BCUT2D eigenvalue weighted by Crippen LogP contribution is -2.31. The predicted molar refractivity (Wildman–Crippen MR) is 137 cm³/mol. The molecule has 0 radical (unpaired) electrons. The number of aromatic nitrogens is 2. The first-order valence-electron chi connectivity index (χ1n) is 12.1. The number of nitrogens with one attached hydrogen (secondary N) is 1. The van der Waals surface area contributed by atoms with Crippen LogP contribution in [0.2, 0.25) is 0 Å². The van der Waals surface area contributed by atoms with Gasteiger partial charge in [-0.15, -0.1) is 0 Å². The van der Waals surface area contributed by atoms with Gasteiger partial charge in [-0.3, -0.25) is 4.98 Å². The molecule has 2 fully saturated rings. The molecule has 5 nitrogen and oxygen atoms in total. The van der Waals surface area contributed by atoms with Crippen LogP contribution in [-0.2, 0) is 0 Å². The van der Waals surface area contributed by atoms with E-state index in [4.69, 9.17) is 21.9 Å². The summed E-state index contributed by atoms with van der Waals surface area (Å²) in [7, 11) is 0. The normalized spacial score (nSPS) is 21.4. The van der Waals surface area contributed by atoms with Crippen LogP contribution in [0.3, 0.4) is 0 Å². The van der Waals surface area contributed by atoms with Crippen molar-refractivity contribution < 1.29 is 4.74 Å². The van der Waals surface area contributed by atoms with Crippen molar-refractivity contribution in [1.82, 2.24) is 14.9 Å². The highest BCUT2D eigenvalue weighted by molar-refractivity contribution is 7.80. The molecule has 3 aromatic rings. The zero-order valence-electron chi connectivity index (χ0n) is 19.4. The number of ether oxygens (including phenoxy) is 1. The van der Waals surface area contributed by atoms with Gasteiger partial charge in [-0.05, 0) is 87.4 Å². The van der Waals surface area contributed by atoms with Gasteiger partial charge in [0.2, 0.25) is 0 Å². The average molecular weight is 461 g/mol. The van der Waals surface area contributed by atoms with Gasteiger partial charge < -0.3 is 19.5 Å². The number of anilines is 1. The van der Waals surface area contributed by atoms with Crippen LogP contribution in [0.25, 0.3) is 0 Å². The molecule has 0 unspecified atom stereocenters. The zero-order chi connectivity index (χ0) is 22.8. The Morgan fingerprint density at radius 3 is 2.48 bits per heavy atom. The smallest absolute Gasteiger partial charge is 0.174 e. The fraction of sp³-hybridized carbons (Fsp3) is 0.407. The van der Waals surface area contributed by atoms with Crippen LogP contribution >= 0.6 is 12.2 Å². The summed E-state index contributed by atoms with van der Waals surface area (Å²) in [6.45, 7) is 4.08. The second-order valence-corrected chi connectivity index (χ2v) is 9.68. The van der Waals surface area contributed by atoms with E-state index in [1.54, 1.807) is 0 Å². The molecule has 0 bridgehead atoms. The molecule has 2 atom stereocenters. The van der Waals surface area contributed by atoms with E-state index in [1.165, 1.54) is 37.8 Å². The van der Waals surface area contributed by atoms with E-state index in [-0.39, 0.29) is 18.2 Å². The van der Waals surface area contributed by atoms with Crippen molar-refractivity contribution in [3.05, 3.63) is 78.4 Å². The number of hydrogen-bond acceptors (Lipinski definition) is 3. The van der Waals surface area contributed by atoms with E-state index in [1.807, 2.05) is 44.3 Å². The van der Waals surface area contributed by atoms with Crippen LogP contribution in [0.5, 0.6) is 5.75 Å². The SMILES string of the molecule is CC(C)Oc1ccc(N2C(=S)N[C@H](c3ccccn3)[C@H]2c2cccn2C2CCCCC2)cc1. The average Bonchev–Trinajstić information content (AvgIpc) is 3.45.